The van der Waals surface area contributed by atoms with Crippen molar-refractivity contribution in [2.75, 3.05) is 13.1 Å². The van der Waals surface area contributed by atoms with E-state index in [4.69, 9.17) is 5.73 Å². The van der Waals surface area contributed by atoms with E-state index >= 15 is 0 Å². The Morgan fingerprint density at radius 1 is 1.20 bits per heavy atom. The summed E-state index contributed by atoms with van der Waals surface area (Å²) in [6.45, 7) is 5.56. The Morgan fingerprint density at radius 3 is 2.50 bits per heavy atom. The summed E-state index contributed by atoms with van der Waals surface area (Å²) in [7, 11) is 0. The van der Waals surface area contributed by atoms with Crippen LogP contribution in [0.4, 0.5) is 13.2 Å². The van der Waals surface area contributed by atoms with Gasteiger partial charge >= 0.3 is 6.18 Å². The molecule has 0 aromatic heterocycles. The Labute approximate surface area is 119 Å². The van der Waals surface area contributed by atoms with Gasteiger partial charge in [0.15, 0.2) is 0 Å². The molecule has 2 nitrogen and oxygen atoms in total. The maximum absolute atomic E-state index is 13.1. The second-order valence-corrected chi connectivity index (χ2v) is 6.95. The lowest BCUT2D eigenvalue weighted by atomic mass is 9.72. The lowest BCUT2D eigenvalue weighted by molar-refractivity contribution is -0.196. The van der Waals surface area contributed by atoms with Crippen molar-refractivity contribution in [2.24, 2.45) is 17.6 Å². The van der Waals surface area contributed by atoms with Gasteiger partial charge < -0.3 is 5.73 Å². The van der Waals surface area contributed by atoms with E-state index in [2.05, 4.69) is 18.7 Å². The highest BCUT2D eigenvalue weighted by Gasteiger charge is 2.50. The van der Waals surface area contributed by atoms with Crippen LogP contribution >= 0.6 is 0 Å². The lowest BCUT2D eigenvalue weighted by Gasteiger charge is -2.53. The first-order valence-electron chi connectivity index (χ1n) is 7.82. The molecule has 4 atom stereocenters. The van der Waals surface area contributed by atoms with Gasteiger partial charge in [-0.25, -0.2) is 0 Å². The summed E-state index contributed by atoms with van der Waals surface area (Å²) in [6, 6.07) is 0.349. The Bertz CT molecular complexity index is 332. The third-order valence-corrected chi connectivity index (χ3v) is 5.39. The van der Waals surface area contributed by atoms with Crippen LogP contribution in [0.1, 0.15) is 52.4 Å². The number of halogens is 3. The number of likely N-dealkylation sites (tertiary alicyclic amines) is 1. The molecule has 2 fully saturated rings. The van der Waals surface area contributed by atoms with Gasteiger partial charge in [-0.05, 0) is 44.9 Å². The largest absolute Gasteiger partial charge is 0.391 e. The van der Waals surface area contributed by atoms with Crippen molar-refractivity contribution in [3.8, 4) is 0 Å². The van der Waals surface area contributed by atoms with E-state index in [0.29, 0.717) is 24.9 Å². The Kier molecular flexibility index (Phi) is 4.69. The van der Waals surface area contributed by atoms with E-state index in [1.54, 1.807) is 0 Å². The van der Waals surface area contributed by atoms with E-state index in [9.17, 15) is 13.2 Å². The molecule has 118 valence electrons. The van der Waals surface area contributed by atoms with Gasteiger partial charge in [-0.3, -0.25) is 4.90 Å². The minimum atomic E-state index is -4.08. The Hall–Kier alpha value is -0.290. The highest BCUT2D eigenvalue weighted by molar-refractivity contribution is 5.01. The molecule has 0 aromatic carbocycles. The zero-order valence-corrected chi connectivity index (χ0v) is 12.5. The minimum Gasteiger partial charge on any atom is -0.329 e. The monoisotopic (exact) mass is 292 g/mol. The maximum atomic E-state index is 13.1. The lowest BCUT2D eigenvalue weighted by Crippen LogP contribution is -2.62. The van der Waals surface area contributed by atoms with E-state index in [1.165, 1.54) is 6.42 Å². The fourth-order valence-electron chi connectivity index (χ4n) is 4.13. The smallest absolute Gasteiger partial charge is 0.329 e. The van der Waals surface area contributed by atoms with Crippen molar-refractivity contribution in [3.63, 3.8) is 0 Å². The topological polar surface area (TPSA) is 29.3 Å². The molecule has 2 aliphatic rings. The quantitative estimate of drug-likeness (QED) is 0.843. The molecule has 0 amide bonds. The van der Waals surface area contributed by atoms with Crippen LogP contribution in [0, 0.1) is 11.8 Å². The van der Waals surface area contributed by atoms with Gasteiger partial charge in [-0.15, -0.1) is 0 Å². The molecule has 5 heteroatoms. The maximum Gasteiger partial charge on any atom is 0.391 e. The summed E-state index contributed by atoms with van der Waals surface area (Å²) in [4.78, 5) is 2.30. The van der Waals surface area contributed by atoms with Gasteiger partial charge in [0.2, 0.25) is 0 Å². The molecular formula is C15H27F3N2. The summed E-state index contributed by atoms with van der Waals surface area (Å²) in [5, 5.41) is 0. The summed E-state index contributed by atoms with van der Waals surface area (Å²) < 4.78 is 39.3. The molecule has 1 aliphatic carbocycles. The molecule has 0 aromatic rings. The minimum absolute atomic E-state index is 0.185. The number of rotatable bonds is 2. The second kappa shape index (κ2) is 5.84. The number of alkyl halides is 3. The van der Waals surface area contributed by atoms with Crippen molar-refractivity contribution in [3.05, 3.63) is 0 Å². The molecule has 2 N–H and O–H groups in total. The molecule has 1 aliphatic heterocycles. The van der Waals surface area contributed by atoms with Gasteiger partial charge in [0.25, 0.3) is 0 Å². The van der Waals surface area contributed by atoms with Crippen LogP contribution < -0.4 is 5.73 Å². The zero-order chi connectivity index (χ0) is 15.0. The molecule has 1 saturated heterocycles. The normalized spacial score (nSPS) is 40.8. The Balaban J connectivity index is 2.19. The highest BCUT2D eigenvalue weighted by atomic mass is 19.4. The third-order valence-electron chi connectivity index (χ3n) is 5.39. The third kappa shape index (κ3) is 3.14. The Morgan fingerprint density at radius 2 is 1.90 bits per heavy atom. The van der Waals surface area contributed by atoms with Crippen LogP contribution in [0.2, 0.25) is 0 Å². The number of hydrogen-bond acceptors (Lipinski definition) is 2. The predicted octanol–water partition coefficient (Wildman–Crippen LogP) is 3.56. The van der Waals surface area contributed by atoms with Crippen LogP contribution in [0.25, 0.3) is 0 Å². The average molecular weight is 292 g/mol. The zero-order valence-electron chi connectivity index (χ0n) is 12.5. The molecule has 0 spiro atoms. The number of nitrogens with zero attached hydrogens (tertiary/aromatic N) is 1. The summed E-state index contributed by atoms with van der Waals surface area (Å²) >= 11 is 0. The molecule has 20 heavy (non-hydrogen) atoms. The highest BCUT2D eigenvalue weighted by Crippen LogP contribution is 2.45. The first kappa shape index (κ1) is 16.1. The second-order valence-electron chi connectivity index (χ2n) is 6.95. The van der Waals surface area contributed by atoms with E-state index in [0.717, 1.165) is 19.4 Å². The van der Waals surface area contributed by atoms with Crippen molar-refractivity contribution < 1.29 is 13.2 Å². The van der Waals surface area contributed by atoms with Crippen LogP contribution in [0.15, 0.2) is 0 Å². The molecule has 4 unspecified atom stereocenters. The molecular weight excluding hydrogens is 265 g/mol. The average Bonchev–Trinajstić information content (AvgIpc) is 2.40. The fourth-order valence-corrected chi connectivity index (χ4v) is 4.13. The van der Waals surface area contributed by atoms with Crippen molar-refractivity contribution >= 4 is 0 Å². The van der Waals surface area contributed by atoms with Gasteiger partial charge in [-0.1, -0.05) is 13.3 Å². The summed E-state index contributed by atoms with van der Waals surface area (Å²) in [5.74, 6) is -0.620. The molecule has 0 bridgehead atoms. The number of hydrogen-bond donors (Lipinski definition) is 1. The van der Waals surface area contributed by atoms with Crippen LogP contribution in [0.3, 0.4) is 0 Å². The van der Waals surface area contributed by atoms with Gasteiger partial charge in [0.1, 0.15) is 0 Å². The first-order chi connectivity index (χ1) is 9.28. The van der Waals surface area contributed by atoms with Crippen LogP contribution in [0.5, 0.6) is 0 Å². The van der Waals surface area contributed by atoms with Crippen molar-refractivity contribution in [2.45, 2.75) is 70.1 Å². The predicted molar refractivity (Wildman–Crippen MR) is 74.4 cm³/mol. The van der Waals surface area contributed by atoms with E-state index in [-0.39, 0.29) is 12.8 Å². The number of nitrogens with two attached hydrogens (primary N) is 1. The van der Waals surface area contributed by atoms with E-state index < -0.39 is 17.6 Å². The fraction of sp³-hybridized carbons (Fsp3) is 1.00. The molecule has 0 radical (unpaired) electrons. The summed E-state index contributed by atoms with van der Waals surface area (Å²) in [6.07, 6.45) is 0.0608. The standard InChI is InChI=1S/C15H27F3N2/c1-11-5-6-12(2)20(9-11)14(10-19)7-3-4-13(8-14)15(16,17)18/h11-13H,3-10,19H2,1-2H3. The van der Waals surface area contributed by atoms with Crippen molar-refractivity contribution in [1.82, 2.24) is 4.90 Å². The molecule has 1 saturated carbocycles. The van der Waals surface area contributed by atoms with Crippen molar-refractivity contribution in [1.29, 1.82) is 0 Å². The molecule has 1 heterocycles. The van der Waals surface area contributed by atoms with Gasteiger partial charge in [0.05, 0.1) is 5.92 Å². The SMILES string of the molecule is CC1CCC(C)N(C2(CN)CCCC(C(F)(F)F)C2)C1. The van der Waals surface area contributed by atoms with Crippen LogP contribution in [-0.4, -0.2) is 35.7 Å². The number of piperidine rings is 1. The first-order valence-corrected chi connectivity index (χ1v) is 7.82. The summed E-state index contributed by atoms with van der Waals surface area (Å²) in [5.41, 5.74) is 5.54. The van der Waals surface area contributed by atoms with E-state index in [1.807, 2.05) is 0 Å². The van der Waals surface area contributed by atoms with Crippen LogP contribution in [-0.2, 0) is 0 Å². The van der Waals surface area contributed by atoms with Gasteiger partial charge in [-0.2, -0.15) is 13.2 Å². The molecule has 2 rings (SSSR count). The van der Waals surface area contributed by atoms with Gasteiger partial charge in [0, 0.05) is 24.7 Å².